The minimum Gasteiger partial charge on any atom is -0.484 e. The molecule has 0 saturated heterocycles. The average molecular weight is 369 g/mol. The Balaban J connectivity index is 2.38. The number of hydrogen-bond donors (Lipinski definition) is 1. The lowest BCUT2D eigenvalue weighted by Gasteiger charge is -2.26. The number of ether oxygens (including phenoxy) is 1. The van der Waals surface area contributed by atoms with E-state index in [0.29, 0.717) is 5.02 Å². The Hall–Kier alpha value is -1.03. The van der Waals surface area contributed by atoms with Gasteiger partial charge in [-0.05, 0) is 37.1 Å². The summed E-state index contributed by atoms with van der Waals surface area (Å²) < 4.78 is 7.18. The molecule has 0 aliphatic rings. The van der Waals surface area contributed by atoms with Crippen LogP contribution in [-0.4, -0.2) is 6.04 Å². The SMILES string of the molecule is CCC(N)C(Oc1cc(Br)ccc1C)c1ccccc1Cl. The molecule has 2 unspecified atom stereocenters. The molecule has 0 amide bonds. The molecule has 0 heterocycles. The van der Waals surface area contributed by atoms with Gasteiger partial charge in [-0.2, -0.15) is 0 Å². The van der Waals surface area contributed by atoms with Crippen LogP contribution in [0.4, 0.5) is 0 Å². The summed E-state index contributed by atoms with van der Waals surface area (Å²) in [5.41, 5.74) is 8.25. The molecule has 2 N–H and O–H groups in total. The molecule has 2 aromatic carbocycles. The molecule has 0 bridgehead atoms. The Morgan fingerprint density at radius 2 is 1.95 bits per heavy atom. The van der Waals surface area contributed by atoms with Gasteiger partial charge in [-0.1, -0.05) is 58.7 Å². The smallest absolute Gasteiger partial charge is 0.140 e. The lowest BCUT2D eigenvalue weighted by atomic mass is 10.0. The first-order valence-electron chi connectivity index (χ1n) is 6.95. The molecule has 4 heteroatoms. The van der Waals surface area contributed by atoms with Crippen LogP contribution in [0.2, 0.25) is 5.02 Å². The van der Waals surface area contributed by atoms with Crippen LogP contribution < -0.4 is 10.5 Å². The monoisotopic (exact) mass is 367 g/mol. The first kappa shape index (κ1) is 16.3. The maximum atomic E-state index is 6.31. The Bertz CT molecular complexity index is 617. The number of halogens is 2. The lowest BCUT2D eigenvalue weighted by molar-refractivity contribution is 0.170. The van der Waals surface area contributed by atoms with E-state index in [-0.39, 0.29) is 12.1 Å². The van der Waals surface area contributed by atoms with Crippen molar-refractivity contribution in [3.63, 3.8) is 0 Å². The van der Waals surface area contributed by atoms with Crippen molar-refractivity contribution in [1.29, 1.82) is 0 Å². The molecular formula is C17H19BrClNO. The van der Waals surface area contributed by atoms with Gasteiger partial charge in [0.25, 0.3) is 0 Å². The first-order valence-corrected chi connectivity index (χ1v) is 8.12. The number of rotatable bonds is 5. The van der Waals surface area contributed by atoms with Crippen LogP contribution in [0.25, 0.3) is 0 Å². The number of hydrogen-bond acceptors (Lipinski definition) is 2. The summed E-state index contributed by atoms with van der Waals surface area (Å²) >= 11 is 9.79. The third-order valence-electron chi connectivity index (χ3n) is 3.48. The highest BCUT2D eigenvalue weighted by atomic mass is 79.9. The van der Waals surface area contributed by atoms with Gasteiger partial charge in [-0.3, -0.25) is 0 Å². The molecule has 0 aliphatic heterocycles. The average Bonchev–Trinajstić information content (AvgIpc) is 2.48. The van der Waals surface area contributed by atoms with Gasteiger partial charge >= 0.3 is 0 Å². The Labute approximate surface area is 139 Å². The van der Waals surface area contributed by atoms with E-state index in [4.69, 9.17) is 22.1 Å². The van der Waals surface area contributed by atoms with Gasteiger partial charge in [0.05, 0.1) is 0 Å². The predicted molar refractivity (Wildman–Crippen MR) is 92.0 cm³/mol. The van der Waals surface area contributed by atoms with E-state index in [2.05, 4.69) is 15.9 Å². The van der Waals surface area contributed by atoms with Crippen molar-refractivity contribution in [3.8, 4) is 5.75 Å². The summed E-state index contributed by atoms with van der Waals surface area (Å²) in [7, 11) is 0. The predicted octanol–water partition coefficient (Wildman–Crippen LogP) is 5.27. The van der Waals surface area contributed by atoms with E-state index < -0.39 is 0 Å². The minimum atomic E-state index is -0.267. The quantitative estimate of drug-likeness (QED) is 0.780. The molecule has 0 aliphatic carbocycles. The molecule has 2 nitrogen and oxygen atoms in total. The van der Waals surface area contributed by atoms with Gasteiger partial charge in [-0.25, -0.2) is 0 Å². The fourth-order valence-corrected chi connectivity index (χ4v) is 2.72. The van der Waals surface area contributed by atoms with E-state index in [1.165, 1.54) is 0 Å². The Morgan fingerprint density at radius 3 is 2.62 bits per heavy atom. The zero-order valence-electron chi connectivity index (χ0n) is 12.1. The number of aryl methyl sites for hydroxylation is 1. The Kier molecular flexibility index (Phi) is 5.68. The highest BCUT2D eigenvalue weighted by Crippen LogP contribution is 2.33. The topological polar surface area (TPSA) is 35.2 Å². The second-order valence-corrected chi connectivity index (χ2v) is 6.36. The maximum Gasteiger partial charge on any atom is 0.140 e. The van der Waals surface area contributed by atoms with Crippen molar-refractivity contribution in [2.75, 3.05) is 0 Å². The maximum absolute atomic E-state index is 6.31. The van der Waals surface area contributed by atoms with Crippen molar-refractivity contribution >= 4 is 27.5 Å². The minimum absolute atomic E-state index is 0.122. The van der Waals surface area contributed by atoms with E-state index in [9.17, 15) is 0 Å². The van der Waals surface area contributed by atoms with Crippen LogP contribution in [0, 0.1) is 6.92 Å². The van der Waals surface area contributed by atoms with Crippen molar-refractivity contribution < 1.29 is 4.74 Å². The van der Waals surface area contributed by atoms with Crippen molar-refractivity contribution in [1.82, 2.24) is 0 Å². The number of benzene rings is 2. The molecule has 0 aromatic heterocycles. The summed E-state index contributed by atoms with van der Waals surface area (Å²) in [6.07, 6.45) is 0.542. The second kappa shape index (κ2) is 7.30. The lowest BCUT2D eigenvalue weighted by Crippen LogP contribution is -2.31. The van der Waals surface area contributed by atoms with Crippen LogP contribution >= 0.6 is 27.5 Å². The van der Waals surface area contributed by atoms with Crippen molar-refractivity contribution in [3.05, 3.63) is 63.1 Å². The summed E-state index contributed by atoms with van der Waals surface area (Å²) in [6.45, 7) is 4.06. The summed E-state index contributed by atoms with van der Waals surface area (Å²) in [5.74, 6) is 0.818. The third-order valence-corrected chi connectivity index (χ3v) is 4.31. The zero-order chi connectivity index (χ0) is 15.4. The standard InChI is InChI=1S/C17H19BrClNO/c1-3-15(20)17(13-6-4-5-7-14(13)19)21-16-10-12(18)9-8-11(16)2/h4-10,15,17H,3,20H2,1-2H3. The van der Waals surface area contributed by atoms with Crippen LogP contribution in [-0.2, 0) is 0 Å². The molecule has 0 fully saturated rings. The van der Waals surface area contributed by atoms with Crippen LogP contribution in [0.5, 0.6) is 5.75 Å². The Morgan fingerprint density at radius 1 is 1.24 bits per heavy atom. The van der Waals surface area contributed by atoms with Crippen LogP contribution in [0.3, 0.4) is 0 Å². The molecular weight excluding hydrogens is 350 g/mol. The molecule has 21 heavy (non-hydrogen) atoms. The third kappa shape index (κ3) is 4.00. The van der Waals surface area contributed by atoms with Gasteiger partial charge in [0.1, 0.15) is 11.9 Å². The molecule has 0 saturated carbocycles. The molecule has 0 radical (unpaired) electrons. The largest absolute Gasteiger partial charge is 0.484 e. The van der Waals surface area contributed by atoms with Gasteiger partial charge in [0.15, 0.2) is 0 Å². The van der Waals surface area contributed by atoms with E-state index in [1.807, 2.05) is 56.3 Å². The highest BCUT2D eigenvalue weighted by molar-refractivity contribution is 9.10. The fourth-order valence-electron chi connectivity index (χ4n) is 2.14. The molecule has 0 spiro atoms. The van der Waals surface area contributed by atoms with Gasteiger partial charge in [-0.15, -0.1) is 0 Å². The van der Waals surface area contributed by atoms with Crippen LogP contribution in [0.15, 0.2) is 46.9 Å². The van der Waals surface area contributed by atoms with Gasteiger partial charge in [0, 0.05) is 21.1 Å². The summed E-state index contributed by atoms with van der Waals surface area (Å²) in [5, 5.41) is 0.680. The highest BCUT2D eigenvalue weighted by Gasteiger charge is 2.23. The van der Waals surface area contributed by atoms with Crippen molar-refractivity contribution in [2.45, 2.75) is 32.4 Å². The fraction of sp³-hybridized carbons (Fsp3) is 0.294. The second-order valence-electron chi connectivity index (χ2n) is 5.04. The van der Waals surface area contributed by atoms with Gasteiger partial charge < -0.3 is 10.5 Å². The molecule has 2 atom stereocenters. The number of nitrogens with two attached hydrogens (primary N) is 1. The molecule has 2 rings (SSSR count). The summed E-state index contributed by atoms with van der Waals surface area (Å²) in [6, 6.07) is 13.5. The molecule has 2 aromatic rings. The van der Waals surface area contributed by atoms with Crippen molar-refractivity contribution in [2.24, 2.45) is 5.73 Å². The van der Waals surface area contributed by atoms with E-state index >= 15 is 0 Å². The van der Waals surface area contributed by atoms with Crippen LogP contribution in [0.1, 0.15) is 30.6 Å². The normalized spacial score (nSPS) is 13.8. The molecule has 112 valence electrons. The first-order chi connectivity index (χ1) is 10.0. The van der Waals surface area contributed by atoms with E-state index in [0.717, 1.165) is 27.8 Å². The van der Waals surface area contributed by atoms with E-state index in [1.54, 1.807) is 0 Å². The van der Waals surface area contributed by atoms with Gasteiger partial charge in [0.2, 0.25) is 0 Å². The zero-order valence-corrected chi connectivity index (χ0v) is 14.5. The summed E-state index contributed by atoms with van der Waals surface area (Å²) in [4.78, 5) is 0.